The second kappa shape index (κ2) is 80.0. The molecule has 612 valence electrons. The van der Waals surface area contributed by atoms with Crippen molar-refractivity contribution in [2.24, 2.45) is 0 Å². The van der Waals surface area contributed by atoms with Gasteiger partial charge in [0.05, 0.1) is 73.5 Å². The summed E-state index contributed by atoms with van der Waals surface area (Å²) < 4.78 is 81.7. The van der Waals surface area contributed by atoms with Gasteiger partial charge in [-0.3, -0.25) is 38.4 Å². The summed E-state index contributed by atoms with van der Waals surface area (Å²) in [5, 5.41) is 19.3. The zero-order valence-corrected chi connectivity index (χ0v) is 62.9. The Labute approximate surface area is 612 Å². The highest BCUT2D eigenvalue weighted by Crippen LogP contribution is 2.27. The summed E-state index contributed by atoms with van der Waals surface area (Å²) in [7, 11) is 18.8. The Hall–Kier alpha value is -8.67. The molecule has 1 atom stereocenters. The third-order valence-electron chi connectivity index (χ3n) is 11.1. The number of amides is 8. The van der Waals surface area contributed by atoms with E-state index in [4.69, 9.17) is 61.6 Å². The van der Waals surface area contributed by atoms with Gasteiger partial charge in [0, 0.05) is 103 Å². The van der Waals surface area contributed by atoms with Gasteiger partial charge in [-0.25, -0.2) is 33.6 Å². The molecule has 0 spiro atoms. The highest BCUT2D eigenvalue weighted by atomic mass is 16.6. The van der Waals surface area contributed by atoms with E-state index in [0.717, 1.165) is 0 Å². The summed E-state index contributed by atoms with van der Waals surface area (Å²) >= 11 is 0. The Bertz CT molecular complexity index is 2160. The zero-order chi connectivity index (χ0) is 79.7. The molecule has 0 aromatic carbocycles. The van der Waals surface area contributed by atoms with E-state index in [1.165, 1.54) is 112 Å². The van der Waals surface area contributed by atoms with Crippen LogP contribution in [0.1, 0.15) is 108 Å². The zero-order valence-electron chi connectivity index (χ0n) is 62.9. The largest absolute Gasteiger partial charge is 0.469 e. The molecule has 0 aromatic rings. The van der Waals surface area contributed by atoms with E-state index in [-0.39, 0.29) is 153 Å². The van der Waals surface area contributed by atoms with Gasteiger partial charge in [0.25, 0.3) is 0 Å². The fraction of sp³-hybridized carbons (Fsp3) is 0.766. The van der Waals surface area contributed by atoms with Gasteiger partial charge in [0.2, 0.25) is 5.91 Å². The van der Waals surface area contributed by atoms with Crippen molar-refractivity contribution in [3.8, 4) is 0 Å². The number of hydrogen-bond donors (Lipinski definition) is 8. The standard InChI is InChI=1S/C20H36N4O8.2C10H18N2O6.C8H16O4.C7H14O4.C4H8O2.C3H6O2.2CH4/c1-15(25)14-16(26)24-20(8-5-11-30-17(27)21-2,9-6-12-31-18(28)22-3)10-7-13-32-19(29)23-4;1-7(13)6-18-8(4-11-9(14)16-2)5-12-10(15)17-3;1-7(13)4-16-8(5-17-9(14)11-2)6-18-10(15)12-3;1-7(9)4-12-8(5-10-2)6-11-3;1-6(8)11-5-7(10-3)4-9-2;1-4(5)3-6-2;1-3(4)5-2;;/h5-14H2,1-4H3,(H,21,27)(H,22,28)(H,23,29)(H,24,26);2*8H,4-6H2,1-3H3,(H,11,14)(H,12,15);8H,4-6H2,1-3H3;7H,4-5H2,1-3H3;3H2,1-2H3;1-2H3;2*1H4. The van der Waals surface area contributed by atoms with Gasteiger partial charge >= 0.3 is 54.6 Å². The van der Waals surface area contributed by atoms with Crippen molar-refractivity contribution in [3.63, 3.8) is 0 Å². The second-order valence-electron chi connectivity index (χ2n) is 20.4. The Morgan fingerprint density at radius 1 is 0.327 bits per heavy atom. The molecule has 0 heterocycles. The van der Waals surface area contributed by atoms with Crippen LogP contribution in [-0.4, -0.2) is 310 Å². The van der Waals surface area contributed by atoms with Crippen molar-refractivity contribution in [1.29, 1.82) is 0 Å². The molecule has 0 saturated carbocycles. The molecule has 0 saturated heterocycles. The molecular formula is C64H124N8O32. The predicted octanol–water partition coefficient (Wildman–Crippen LogP) is 2.71. The minimum absolute atomic E-state index is 0. The fourth-order valence-electron chi connectivity index (χ4n) is 6.43. The van der Waals surface area contributed by atoms with Crippen LogP contribution in [0.3, 0.4) is 0 Å². The van der Waals surface area contributed by atoms with Crippen LogP contribution in [0.2, 0.25) is 0 Å². The molecule has 0 bridgehead atoms. The van der Waals surface area contributed by atoms with Crippen LogP contribution in [-0.2, 0) is 119 Å². The van der Waals surface area contributed by atoms with Crippen LogP contribution in [0, 0.1) is 0 Å². The van der Waals surface area contributed by atoms with Gasteiger partial charge in [0.1, 0.15) is 70.3 Å². The summed E-state index contributed by atoms with van der Waals surface area (Å²) in [6, 6.07) is 0. The van der Waals surface area contributed by atoms with Crippen LogP contribution in [0.4, 0.5) is 33.6 Å². The van der Waals surface area contributed by atoms with E-state index in [1.54, 1.807) is 28.4 Å². The quantitative estimate of drug-likeness (QED) is 0.0188. The molecular weight excluding hydrogens is 1390 g/mol. The van der Waals surface area contributed by atoms with Crippen molar-refractivity contribution in [2.75, 3.05) is 191 Å². The molecule has 0 rings (SSSR count). The van der Waals surface area contributed by atoms with Crippen LogP contribution in [0.25, 0.3) is 0 Å². The fourth-order valence-corrected chi connectivity index (χ4v) is 6.43. The number of alkyl carbamates (subject to hydrolysis) is 7. The second-order valence-corrected chi connectivity index (χ2v) is 20.4. The van der Waals surface area contributed by atoms with Crippen molar-refractivity contribution in [3.05, 3.63) is 0 Å². The molecule has 1 unspecified atom stereocenters. The lowest BCUT2D eigenvalue weighted by Gasteiger charge is -2.35. The Balaban J connectivity index is -0.000000155. The lowest BCUT2D eigenvalue weighted by atomic mass is 9.83. The molecule has 0 fully saturated rings. The number of rotatable bonds is 43. The van der Waals surface area contributed by atoms with E-state index >= 15 is 0 Å². The lowest BCUT2D eigenvalue weighted by Crippen LogP contribution is -2.49. The molecule has 0 aliphatic heterocycles. The van der Waals surface area contributed by atoms with Crippen LogP contribution in [0.5, 0.6) is 0 Å². The van der Waals surface area contributed by atoms with Crippen molar-refractivity contribution in [1.82, 2.24) is 42.5 Å². The third kappa shape index (κ3) is 89.4. The first kappa shape index (κ1) is 114. The van der Waals surface area contributed by atoms with Crippen molar-refractivity contribution in [2.45, 2.75) is 138 Å². The van der Waals surface area contributed by atoms with Gasteiger partial charge in [-0.1, -0.05) is 14.9 Å². The summed E-state index contributed by atoms with van der Waals surface area (Å²) in [5.74, 6) is -1.51. The number of carbonyl (C=O) groups excluding carboxylic acids is 15. The Morgan fingerprint density at radius 3 is 0.875 bits per heavy atom. The van der Waals surface area contributed by atoms with Crippen molar-refractivity contribution >= 4 is 89.4 Å². The minimum atomic E-state index is -0.767. The molecule has 40 nitrogen and oxygen atoms in total. The average Bonchev–Trinajstić information content (AvgIpc) is 0.854. The van der Waals surface area contributed by atoms with Gasteiger partial charge in [0.15, 0.2) is 23.1 Å². The first-order valence-corrected chi connectivity index (χ1v) is 31.3. The average molecular weight is 1520 g/mol. The Kier molecular flexibility index (Phi) is 87.6. The third-order valence-corrected chi connectivity index (χ3v) is 11.1. The van der Waals surface area contributed by atoms with Crippen molar-refractivity contribution < 1.29 is 152 Å². The number of nitrogens with one attached hydrogen (secondary N) is 8. The molecule has 40 heteroatoms. The number of carbonyl (C=O) groups is 15. The van der Waals surface area contributed by atoms with Crippen LogP contribution in [0.15, 0.2) is 0 Å². The number of ether oxygens (including phenoxy) is 17. The molecule has 0 aromatic heterocycles. The molecule has 8 amide bonds. The van der Waals surface area contributed by atoms with Gasteiger partial charge in [-0.2, -0.15) is 0 Å². The molecule has 0 aliphatic rings. The summed E-state index contributed by atoms with van der Waals surface area (Å²) in [5.41, 5.74) is -0.767. The van der Waals surface area contributed by atoms with Crippen LogP contribution < -0.4 is 42.5 Å². The topological polar surface area (TPSA) is 509 Å². The van der Waals surface area contributed by atoms with E-state index < -0.39 is 66.3 Å². The van der Waals surface area contributed by atoms with E-state index in [9.17, 15) is 71.9 Å². The maximum absolute atomic E-state index is 12.4. The van der Waals surface area contributed by atoms with Crippen LogP contribution >= 0.6 is 0 Å². The summed E-state index contributed by atoms with van der Waals surface area (Å²) in [4.78, 5) is 163. The highest BCUT2D eigenvalue weighted by molar-refractivity contribution is 5.97. The lowest BCUT2D eigenvalue weighted by molar-refractivity contribution is -0.146. The monoisotopic (exact) mass is 1520 g/mol. The van der Waals surface area contributed by atoms with E-state index in [0.29, 0.717) is 58.3 Å². The number of ketones is 5. The van der Waals surface area contributed by atoms with Gasteiger partial charge in [-0.05, 0) is 73.1 Å². The smallest absolute Gasteiger partial charge is 0.406 e. The van der Waals surface area contributed by atoms with Gasteiger partial charge < -0.3 is 123 Å². The molecule has 0 aliphatic carbocycles. The number of esters is 2. The normalized spacial score (nSPS) is 9.99. The molecule has 0 radical (unpaired) electrons. The maximum Gasteiger partial charge on any atom is 0.406 e. The van der Waals surface area contributed by atoms with Gasteiger partial charge in [-0.15, -0.1) is 0 Å². The summed E-state index contributed by atoms with van der Waals surface area (Å²) in [6.07, 6.45) is -3.36. The minimum Gasteiger partial charge on any atom is -0.469 e. The summed E-state index contributed by atoms with van der Waals surface area (Å²) in [6.45, 7) is 11.8. The SMILES string of the molecule is C.C.CNC(=O)OCC(COC(=O)NC)OCC(C)=O.CNC(=O)OCCCC(CCCOC(=O)NC)(CCCOC(=O)NC)NC(=O)CC(C)=O.COC(=O)NCC(CNC(=O)OC)OCC(C)=O.COC(C)=O.COCC(C)=O.COCC(COC(C)=O)OC.COCC(COC)OCC(C)=O. The molecule has 104 heavy (non-hydrogen) atoms. The predicted molar refractivity (Wildman–Crippen MR) is 375 cm³/mol. The van der Waals surface area contributed by atoms with E-state index in [1.807, 2.05) is 0 Å². The number of Topliss-reactive ketones (excluding diaryl/α,β-unsaturated/α-hetero) is 5. The Morgan fingerprint density at radius 2 is 0.625 bits per heavy atom. The maximum atomic E-state index is 12.4. The highest BCUT2D eigenvalue weighted by Gasteiger charge is 2.32. The first-order chi connectivity index (χ1) is 48.1. The molecule has 8 N–H and O–H groups in total. The van der Waals surface area contributed by atoms with E-state index in [2.05, 4.69) is 61.5 Å². The number of methoxy groups -OCH3 is 8. The first-order valence-electron chi connectivity index (χ1n) is 31.3. The number of hydrogen-bond acceptors (Lipinski definition) is 32.